The standard InChI is InChI=1S/C15H17NO2S/c1-12-10-14(19(2,17)18)8-9-15(12)16-11-13-6-4-3-5-7-13/h3-10,16H,11H2,1-2H3. The van der Waals surface area contributed by atoms with Crippen LogP contribution in [0.25, 0.3) is 0 Å². The van der Waals surface area contributed by atoms with Gasteiger partial charge in [0.1, 0.15) is 0 Å². The Kier molecular flexibility index (Phi) is 3.90. The third-order valence-electron chi connectivity index (χ3n) is 2.95. The summed E-state index contributed by atoms with van der Waals surface area (Å²) in [4.78, 5) is 0.357. The molecular formula is C15H17NO2S. The van der Waals surface area contributed by atoms with Crippen LogP contribution in [-0.4, -0.2) is 14.7 Å². The van der Waals surface area contributed by atoms with Gasteiger partial charge in [-0.3, -0.25) is 0 Å². The van der Waals surface area contributed by atoms with Crippen LogP contribution in [0.3, 0.4) is 0 Å². The third-order valence-corrected chi connectivity index (χ3v) is 4.06. The summed E-state index contributed by atoms with van der Waals surface area (Å²) < 4.78 is 22.9. The highest BCUT2D eigenvalue weighted by Crippen LogP contribution is 2.20. The van der Waals surface area contributed by atoms with E-state index in [0.717, 1.165) is 17.8 Å². The van der Waals surface area contributed by atoms with Crippen LogP contribution in [0.5, 0.6) is 0 Å². The molecule has 0 saturated carbocycles. The van der Waals surface area contributed by atoms with Crippen LogP contribution in [0.15, 0.2) is 53.4 Å². The maximum Gasteiger partial charge on any atom is 0.175 e. The number of nitrogens with one attached hydrogen (secondary N) is 1. The van der Waals surface area contributed by atoms with E-state index in [1.165, 1.54) is 11.8 Å². The predicted molar refractivity (Wildman–Crippen MR) is 78.1 cm³/mol. The molecular weight excluding hydrogens is 258 g/mol. The van der Waals surface area contributed by atoms with Crippen molar-refractivity contribution in [2.24, 2.45) is 0 Å². The molecule has 0 aliphatic carbocycles. The molecule has 0 saturated heterocycles. The van der Waals surface area contributed by atoms with Crippen molar-refractivity contribution < 1.29 is 8.42 Å². The van der Waals surface area contributed by atoms with E-state index in [0.29, 0.717) is 4.90 Å². The van der Waals surface area contributed by atoms with Crippen molar-refractivity contribution in [3.05, 3.63) is 59.7 Å². The minimum atomic E-state index is -3.14. The molecule has 19 heavy (non-hydrogen) atoms. The molecule has 4 heteroatoms. The summed E-state index contributed by atoms with van der Waals surface area (Å²) in [7, 11) is -3.14. The van der Waals surface area contributed by atoms with E-state index >= 15 is 0 Å². The quantitative estimate of drug-likeness (QED) is 0.933. The zero-order valence-corrected chi connectivity index (χ0v) is 11.9. The highest BCUT2D eigenvalue weighted by molar-refractivity contribution is 7.90. The Hall–Kier alpha value is -1.81. The topological polar surface area (TPSA) is 46.2 Å². The molecule has 0 fully saturated rings. The van der Waals surface area contributed by atoms with E-state index in [-0.39, 0.29) is 0 Å². The van der Waals surface area contributed by atoms with Crippen molar-refractivity contribution in [1.29, 1.82) is 0 Å². The van der Waals surface area contributed by atoms with Gasteiger partial charge in [-0.05, 0) is 36.2 Å². The fourth-order valence-electron chi connectivity index (χ4n) is 1.86. The number of hydrogen-bond acceptors (Lipinski definition) is 3. The van der Waals surface area contributed by atoms with Gasteiger partial charge in [-0.1, -0.05) is 30.3 Å². The molecule has 0 bridgehead atoms. The first-order valence-corrected chi connectivity index (χ1v) is 7.94. The smallest absolute Gasteiger partial charge is 0.175 e. The average molecular weight is 275 g/mol. The van der Waals surface area contributed by atoms with Gasteiger partial charge >= 0.3 is 0 Å². The Morgan fingerprint density at radius 1 is 1.05 bits per heavy atom. The Morgan fingerprint density at radius 2 is 1.74 bits per heavy atom. The zero-order valence-electron chi connectivity index (χ0n) is 11.1. The first kappa shape index (κ1) is 13.6. The van der Waals surface area contributed by atoms with Gasteiger partial charge in [0, 0.05) is 18.5 Å². The first-order chi connectivity index (χ1) is 8.97. The van der Waals surface area contributed by atoms with Crippen molar-refractivity contribution in [2.75, 3.05) is 11.6 Å². The Labute approximate surface area is 114 Å². The van der Waals surface area contributed by atoms with E-state index in [2.05, 4.69) is 5.32 Å². The maximum atomic E-state index is 11.5. The Bertz CT molecular complexity index is 664. The molecule has 2 aromatic rings. The van der Waals surface area contributed by atoms with Crippen LogP contribution in [0, 0.1) is 6.92 Å². The molecule has 0 radical (unpaired) electrons. The van der Waals surface area contributed by atoms with Crippen LogP contribution in [-0.2, 0) is 16.4 Å². The van der Waals surface area contributed by atoms with E-state index in [1.807, 2.05) is 43.3 Å². The molecule has 2 rings (SSSR count). The van der Waals surface area contributed by atoms with Gasteiger partial charge in [0.05, 0.1) is 4.90 Å². The summed E-state index contributed by atoms with van der Waals surface area (Å²) in [5, 5.41) is 3.31. The molecule has 0 aliphatic heterocycles. The fraction of sp³-hybridized carbons (Fsp3) is 0.200. The number of sulfone groups is 1. The van der Waals surface area contributed by atoms with Crippen LogP contribution >= 0.6 is 0 Å². The van der Waals surface area contributed by atoms with Crippen LogP contribution in [0.1, 0.15) is 11.1 Å². The van der Waals surface area contributed by atoms with Crippen molar-refractivity contribution in [3.63, 3.8) is 0 Å². The number of rotatable bonds is 4. The molecule has 0 spiro atoms. The summed E-state index contributed by atoms with van der Waals surface area (Å²) >= 11 is 0. The highest BCUT2D eigenvalue weighted by atomic mass is 32.2. The van der Waals surface area contributed by atoms with Gasteiger partial charge < -0.3 is 5.32 Å². The average Bonchev–Trinajstić information content (AvgIpc) is 2.37. The van der Waals surface area contributed by atoms with E-state index in [4.69, 9.17) is 0 Å². The van der Waals surface area contributed by atoms with Gasteiger partial charge in [-0.2, -0.15) is 0 Å². The molecule has 0 aliphatic rings. The second-order valence-electron chi connectivity index (χ2n) is 4.59. The van der Waals surface area contributed by atoms with Gasteiger partial charge in [-0.25, -0.2) is 8.42 Å². The highest BCUT2D eigenvalue weighted by Gasteiger charge is 2.08. The molecule has 0 aromatic heterocycles. The Morgan fingerprint density at radius 3 is 2.32 bits per heavy atom. The third kappa shape index (κ3) is 3.58. The lowest BCUT2D eigenvalue weighted by atomic mass is 10.2. The van der Waals surface area contributed by atoms with E-state index in [1.54, 1.807) is 12.1 Å². The minimum Gasteiger partial charge on any atom is -0.381 e. The largest absolute Gasteiger partial charge is 0.381 e. The van der Waals surface area contributed by atoms with E-state index in [9.17, 15) is 8.42 Å². The predicted octanol–water partition coefficient (Wildman–Crippen LogP) is 3.01. The van der Waals surface area contributed by atoms with Crippen molar-refractivity contribution in [1.82, 2.24) is 0 Å². The van der Waals surface area contributed by atoms with Crippen LogP contribution in [0.4, 0.5) is 5.69 Å². The second-order valence-corrected chi connectivity index (χ2v) is 6.60. The van der Waals surface area contributed by atoms with E-state index < -0.39 is 9.84 Å². The minimum absolute atomic E-state index is 0.357. The molecule has 1 N–H and O–H groups in total. The lowest BCUT2D eigenvalue weighted by Crippen LogP contribution is -2.03. The summed E-state index contributed by atoms with van der Waals surface area (Å²) in [6, 6.07) is 15.2. The Balaban J connectivity index is 2.14. The molecule has 0 amide bonds. The van der Waals surface area contributed by atoms with Gasteiger partial charge in [0.2, 0.25) is 0 Å². The maximum absolute atomic E-state index is 11.5. The van der Waals surface area contributed by atoms with Crippen molar-refractivity contribution in [2.45, 2.75) is 18.4 Å². The number of aryl methyl sites for hydroxylation is 1. The molecule has 3 nitrogen and oxygen atoms in total. The molecule has 0 unspecified atom stereocenters. The summed E-state index contributed by atoms with van der Waals surface area (Å²) in [6.07, 6.45) is 1.22. The zero-order chi connectivity index (χ0) is 13.9. The fourth-order valence-corrected chi connectivity index (χ4v) is 2.56. The lowest BCUT2D eigenvalue weighted by Gasteiger charge is -2.10. The molecule has 0 atom stereocenters. The number of hydrogen-bond donors (Lipinski definition) is 1. The summed E-state index contributed by atoms with van der Waals surface area (Å²) in [5.74, 6) is 0. The molecule has 100 valence electrons. The molecule has 2 aromatic carbocycles. The van der Waals surface area contributed by atoms with Crippen molar-refractivity contribution in [3.8, 4) is 0 Å². The van der Waals surface area contributed by atoms with Crippen LogP contribution < -0.4 is 5.32 Å². The van der Waals surface area contributed by atoms with Crippen LogP contribution in [0.2, 0.25) is 0 Å². The number of anilines is 1. The second kappa shape index (κ2) is 5.45. The van der Waals surface area contributed by atoms with Gasteiger partial charge in [0.15, 0.2) is 9.84 Å². The van der Waals surface area contributed by atoms with Gasteiger partial charge in [-0.15, -0.1) is 0 Å². The summed E-state index contributed by atoms with van der Waals surface area (Å²) in [6.45, 7) is 2.63. The van der Waals surface area contributed by atoms with Gasteiger partial charge in [0.25, 0.3) is 0 Å². The number of benzene rings is 2. The first-order valence-electron chi connectivity index (χ1n) is 6.05. The van der Waals surface area contributed by atoms with Crippen molar-refractivity contribution >= 4 is 15.5 Å². The molecule has 0 heterocycles. The monoisotopic (exact) mass is 275 g/mol. The summed E-state index contributed by atoms with van der Waals surface area (Å²) in [5.41, 5.74) is 3.07. The lowest BCUT2D eigenvalue weighted by molar-refractivity contribution is 0.602. The normalized spacial score (nSPS) is 11.3. The SMILES string of the molecule is Cc1cc(S(C)(=O)=O)ccc1NCc1ccccc1.